The lowest BCUT2D eigenvalue weighted by molar-refractivity contribution is 0.0697. The van der Waals surface area contributed by atoms with Crippen LogP contribution >= 0.6 is 0 Å². The normalized spacial score (nSPS) is 10.7. The summed E-state index contributed by atoms with van der Waals surface area (Å²) in [6.45, 7) is 0. The zero-order valence-corrected chi connectivity index (χ0v) is 10.6. The first-order valence-electron chi connectivity index (χ1n) is 5.91. The van der Waals surface area contributed by atoms with Crippen LogP contribution in [0.1, 0.15) is 10.4 Å². The molecular formula is C14H11N3O3. The van der Waals surface area contributed by atoms with Crippen molar-refractivity contribution in [3.05, 3.63) is 48.4 Å². The van der Waals surface area contributed by atoms with Gasteiger partial charge >= 0.3 is 5.97 Å². The molecule has 0 saturated heterocycles. The van der Waals surface area contributed by atoms with Crippen molar-refractivity contribution in [2.24, 2.45) is 0 Å². The van der Waals surface area contributed by atoms with E-state index in [0.717, 1.165) is 0 Å². The van der Waals surface area contributed by atoms with E-state index in [4.69, 9.17) is 4.74 Å². The maximum absolute atomic E-state index is 11.5. The van der Waals surface area contributed by atoms with Crippen LogP contribution < -0.4 is 4.74 Å². The Labute approximate surface area is 114 Å². The Morgan fingerprint density at radius 2 is 2.10 bits per heavy atom. The van der Waals surface area contributed by atoms with E-state index >= 15 is 0 Å². The molecule has 0 bridgehead atoms. The number of para-hydroxylation sites is 1. The molecule has 0 aliphatic heterocycles. The molecule has 3 aromatic rings. The second-order valence-electron chi connectivity index (χ2n) is 4.17. The summed E-state index contributed by atoms with van der Waals surface area (Å²) in [5.74, 6) is -0.411. The zero-order valence-electron chi connectivity index (χ0n) is 10.6. The first-order chi connectivity index (χ1) is 9.70. The number of nitrogens with zero attached hydrogens (tertiary/aromatic N) is 3. The van der Waals surface area contributed by atoms with E-state index < -0.39 is 5.97 Å². The van der Waals surface area contributed by atoms with Gasteiger partial charge in [0.15, 0.2) is 5.65 Å². The van der Waals surface area contributed by atoms with Crippen LogP contribution in [0.2, 0.25) is 0 Å². The lowest BCUT2D eigenvalue weighted by Gasteiger charge is -2.11. The van der Waals surface area contributed by atoms with Gasteiger partial charge in [-0.25, -0.2) is 14.3 Å². The molecule has 6 heteroatoms. The summed E-state index contributed by atoms with van der Waals surface area (Å²) >= 11 is 0. The highest BCUT2D eigenvalue weighted by Gasteiger charge is 2.17. The predicted molar refractivity (Wildman–Crippen MR) is 71.9 cm³/mol. The van der Waals surface area contributed by atoms with E-state index in [-0.39, 0.29) is 5.56 Å². The molecule has 0 spiro atoms. The Hall–Kier alpha value is -2.89. The van der Waals surface area contributed by atoms with E-state index in [2.05, 4.69) is 10.1 Å². The quantitative estimate of drug-likeness (QED) is 0.788. The number of benzene rings is 1. The van der Waals surface area contributed by atoms with E-state index in [1.807, 2.05) is 18.2 Å². The standard InChI is InChI=1S/C14H11N3O3/c1-20-12-5-3-2-4-9(12)11-7-17-13(15-8-16-17)6-10(11)14(18)19/h2-8H,1H3,(H,18,19). The minimum atomic E-state index is -1.02. The van der Waals surface area contributed by atoms with Crippen molar-refractivity contribution >= 4 is 11.6 Å². The van der Waals surface area contributed by atoms with Gasteiger partial charge in [0.05, 0.1) is 12.7 Å². The number of hydrogen-bond acceptors (Lipinski definition) is 4. The number of carbonyl (C=O) groups is 1. The Balaban J connectivity index is 2.33. The molecule has 1 aromatic carbocycles. The van der Waals surface area contributed by atoms with Crippen molar-refractivity contribution < 1.29 is 14.6 Å². The van der Waals surface area contributed by atoms with Gasteiger partial charge in [-0.15, -0.1) is 0 Å². The molecule has 0 amide bonds. The smallest absolute Gasteiger partial charge is 0.336 e. The fourth-order valence-corrected chi connectivity index (χ4v) is 2.12. The molecule has 1 N–H and O–H groups in total. The number of pyridine rings is 1. The Morgan fingerprint density at radius 1 is 1.30 bits per heavy atom. The van der Waals surface area contributed by atoms with Gasteiger partial charge in [0.25, 0.3) is 0 Å². The average Bonchev–Trinajstić information content (AvgIpc) is 2.93. The van der Waals surface area contributed by atoms with Gasteiger partial charge in [0, 0.05) is 17.3 Å². The number of carboxylic acids is 1. The van der Waals surface area contributed by atoms with Crippen molar-refractivity contribution in [2.75, 3.05) is 7.11 Å². The molecule has 0 radical (unpaired) electrons. The first-order valence-corrected chi connectivity index (χ1v) is 5.91. The number of ether oxygens (including phenoxy) is 1. The number of rotatable bonds is 3. The molecular weight excluding hydrogens is 258 g/mol. The Morgan fingerprint density at radius 3 is 2.85 bits per heavy atom. The molecule has 0 saturated carbocycles. The maximum atomic E-state index is 11.5. The number of hydrogen-bond donors (Lipinski definition) is 1. The monoisotopic (exact) mass is 269 g/mol. The van der Waals surface area contributed by atoms with Crippen molar-refractivity contribution in [3.63, 3.8) is 0 Å². The number of aromatic carboxylic acids is 1. The topological polar surface area (TPSA) is 76.7 Å². The molecule has 3 rings (SSSR count). The van der Waals surface area contributed by atoms with Gasteiger partial charge in [-0.05, 0) is 12.1 Å². The number of aromatic nitrogens is 3. The van der Waals surface area contributed by atoms with Crippen LogP contribution in [0.15, 0.2) is 42.9 Å². The Bertz CT molecular complexity index is 795. The molecule has 0 aliphatic rings. The van der Waals surface area contributed by atoms with Gasteiger partial charge in [0.2, 0.25) is 0 Å². The molecule has 0 unspecified atom stereocenters. The minimum absolute atomic E-state index is 0.162. The van der Waals surface area contributed by atoms with Crippen LogP contribution in [0.4, 0.5) is 0 Å². The second kappa shape index (κ2) is 4.65. The van der Waals surface area contributed by atoms with Crippen molar-refractivity contribution in [2.45, 2.75) is 0 Å². The van der Waals surface area contributed by atoms with Crippen LogP contribution in [0.25, 0.3) is 16.8 Å². The summed E-state index contributed by atoms with van der Waals surface area (Å²) in [5.41, 5.74) is 1.88. The minimum Gasteiger partial charge on any atom is -0.496 e. The fraction of sp³-hybridized carbons (Fsp3) is 0.0714. The predicted octanol–water partition coefficient (Wildman–Crippen LogP) is 2.10. The first kappa shape index (κ1) is 12.2. The summed E-state index contributed by atoms with van der Waals surface area (Å²) < 4.78 is 6.83. The molecule has 0 aliphatic carbocycles. The van der Waals surface area contributed by atoms with Gasteiger partial charge in [0.1, 0.15) is 12.1 Å². The summed E-state index contributed by atoms with van der Waals surface area (Å²) in [4.78, 5) is 15.5. The van der Waals surface area contributed by atoms with E-state index in [1.165, 1.54) is 16.9 Å². The number of fused-ring (bicyclic) bond motifs is 1. The largest absolute Gasteiger partial charge is 0.496 e. The molecule has 2 aromatic heterocycles. The molecule has 100 valence electrons. The van der Waals surface area contributed by atoms with Gasteiger partial charge in [-0.1, -0.05) is 18.2 Å². The van der Waals surface area contributed by atoms with E-state index in [1.54, 1.807) is 19.4 Å². The third-order valence-corrected chi connectivity index (χ3v) is 3.04. The summed E-state index contributed by atoms with van der Waals surface area (Å²) in [7, 11) is 1.55. The van der Waals surface area contributed by atoms with E-state index in [9.17, 15) is 9.90 Å². The van der Waals surface area contributed by atoms with Gasteiger partial charge < -0.3 is 9.84 Å². The summed E-state index contributed by atoms with van der Waals surface area (Å²) in [6, 6.07) is 8.75. The van der Waals surface area contributed by atoms with Crippen LogP contribution in [0.5, 0.6) is 5.75 Å². The molecule has 0 atom stereocenters. The summed E-state index contributed by atoms with van der Waals surface area (Å²) in [5, 5.41) is 13.4. The number of carboxylic acid groups (broad SMARTS) is 1. The fourth-order valence-electron chi connectivity index (χ4n) is 2.12. The second-order valence-corrected chi connectivity index (χ2v) is 4.17. The van der Waals surface area contributed by atoms with Crippen LogP contribution in [-0.2, 0) is 0 Å². The lowest BCUT2D eigenvalue weighted by Crippen LogP contribution is -2.03. The highest BCUT2D eigenvalue weighted by molar-refractivity contribution is 5.97. The zero-order chi connectivity index (χ0) is 14.1. The van der Waals surface area contributed by atoms with Crippen molar-refractivity contribution in [3.8, 4) is 16.9 Å². The third kappa shape index (κ3) is 1.87. The van der Waals surface area contributed by atoms with Crippen molar-refractivity contribution in [1.82, 2.24) is 14.6 Å². The molecule has 6 nitrogen and oxygen atoms in total. The third-order valence-electron chi connectivity index (χ3n) is 3.04. The SMILES string of the molecule is COc1ccccc1-c1cn2ncnc2cc1C(=O)O. The van der Waals surface area contributed by atoms with E-state index in [0.29, 0.717) is 22.5 Å². The highest BCUT2D eigenvalue weighted by atomic mass is 16.5. The number of methoxy groups -OCH3 is 1. The maximum Gasteiger partial charge on any atom is 0.336 e. The van der Waals surface area contributed by atoms with Crippen LogP contribution in [0, 0.1) is 0 Å². The van der Waals surface area contributed by atoms with Crippen LogP contribution in [0.3, 0.4) is 0 Å². The average molecular weight is 269 g/mol. The molecule has 2 heterocycles. The van der Waals surface area contributed by atoms with Gasteiger partial charge in [-0.2, -0.15) is 5.10 Å². The summed E-state index contributed by atoms with van der Waals surface area (Å²) in [6.07, 6.45) is 3.02. The molecule has 20 heavy (non-hydrogen) atoms. The molecule has 0 fully saturated rings. The highest BCUT2D eigenvalue weighted by Crippen LogP contribution is 2.32. The lowest BCUT2D eigenvalue weighted by atomic mass is 10.0. The van der Waals surface area contributed by atoms with Gasteiger partial charge in [-0.3, -0.25) is 0 Å². The van der Waals surface area contributed by atoms with Crippen molar-refractivity contribution in [1.29, 1.82) is 0 Å². The Kier molecular flexibility index (Phi) is 2.83. The van der Waals surface area contributed by atoms with Crippen LogP contribution in [-0.4, -0.2) is 32.8 Å².